The van der Waals surface area contributed by atoms with E-state index in [9.17, 15) is 14.0 Å². The maximum atomic E-state index is 14.6. The number of carboxylic acids is 1. The van der Waals surface area contributed by atoms with Crippen LogP contribution in [-0.2, 0) is 9.53 Å². The van der Waals surface area contributed by atoms with Crippen molar-refractivity contribution in [1.82, 2.24) is 5.32 Å². The number of nitrogens with one attached hydrogen (secondary N) is 1. The third kappa shape index (κ3) is 7.11. The van der Waals surface area contributed by atoms with E-state index in [1.165, 1.54) is 23.1 Å². The second-order valence-electron chi connectivity index (χ2n) is 7.38. The molecule has 0 spiro atoms. The molecular formula is C25H31FN2O4. The van der Waals surface area contributed by atoms with Crippen molar-refractivity contribution < 1.29 is 23.8 Å². The van der Waals surface area contributed by atoms with Gasteiger partial charge in [0, 0.05) is 24.8 Å². The number of anilines is 1. The van der Waals surface area contributed by atoms with Crippen LogP contribution in [0.25, 0.3) is 17.2 Å². The molecule has 2 aromatic rings. The van der Waals surface area contributed by atoms with Crippen LogP contribution in [0.5, 0.6) is 0 Å². The van der Waals surface area contributed by atoms with E-state index in [1.807, 2.05) is 18.2 Å². The number of aliphatic carboxylic acids is 1. The highest BCUT2D eigenvalue weighted by molar-refractivity contribution is 5.92. The first kappa shape index (κ1) is 24.9. The van der Waals surface area contributed by atoms with Gasteiger partial charge in [-0.1, -0.05) is 50.5 Å². The molecule has 0 aliphatic carbocycles. The van der Waals surface area contributed by atoms with E-state index < -0.39 is 11.8 Å². The summed E-state index contributed by atoms with van der Waals surface area (Å²) in [7, 11) is 1.69. The molecule has 0 bridgehead atoms. The van der Waals surface area contributed by atoms with E-state index in [0.717, 1.165) is 31.2 Å². The van der Waals surface area contributed by atoms with Crippen molar-refractivity contribution in [3.63, 3.8) is 0 Å². The number of halogens is 1. The lowest BCUT2D eigenvalue weighted by Crippen LogP contribution is -2.37. The molecule has 2 amide bonds. The minimum absolute atomic E-state index is 0.121. The predicted octanol–water partition coefficient (Wildman–Crippen LogP) is 5.68. The monoisotopic (exact) mass is 442 g/mol. The van der Waals surface area contributed by atoms with Gasteiger partial charge in [-0.2, -0.15) is 0 Å². The van der Waals surface area contributed by atoms with Gasteiger partial charge in [-0.15, -0.1) is 0 Å². The van der Waals surface area contributed by atoms with Gasteiger partial charge in [0.1, 0.15) is 5.82 Å². The zero-order valence-corrected chi connectivity index (χ0v) is 18.9. The highest BCUT2D eigenvalue weighted by Crippen LogP contribution is 2.27. The zero-order valence-electron chi connectivity index (χ0n) is 18.9. The first-order chi connectivity index (χ1) is 15.4. The van der Waals surface area contributed by atoms with E-state index in [4.69, 9.17) is 9.84 Å². The average molecular weight is 443 g/mol. The molecule has 0 saturated carbocycles. The van der Waals surface area contributed by atoms with Crippen LogP contribution in [0.1, 0.15) is 45.1 Å². The molecule has 2 N–H and O–H groups in total. The Balaban J connectivity index is 2.15. The van der Waals surface area contributed by atoms with Gasteiger partial charge in [-0.25, -0.2) is 14.0 Å². The van der Waals surface area contributed by atoms with Gasteiger partial charge < -0.3 is 15.2 Å². The Bertz CT molecular complexity index is 959. The quantitative estimate of drug-likeness (QED) is 0.267. The molecule has 172 valence electrons. The molecule has 2 rings (SSSR count). The van der Waals surface area contributed by atoms with Crippen molar-refractivity contribution in [2.75, 3.05) is 25.1 Å². The largest absolute Gasteiger partial charge is 0.487 e. The Morgan fingerprint density at radius 2 is 1.84 bits per heavy atom. The van der Waals surface area contributed by atoms with Gasteiger partial charge in [0.2, 0.25) is 5.76 Å². The zero-order chi connectivity index (χ0) is 23.5. The summed E-state index contributed by atoms with van der Waals surface area (Å²) in [5.74, 6) is -2.14. The first-order valence-corrected chi connectivity index (χ1v) is 10.9. The van der Waals surface area contributed by atoms with Crippen molar-refractivity contribution in [3.05, 3.63) is 59.6 Å². The van der Waals surface area contributed by atoms with Crippen LogP contribution in [0.4, 0.5) is 14.9 Å². The highest BCUT2D eigenvalue weighted by Gasteiger charge is 2.13. The number of nitrogens with zero attached hydrogens (tertiary/aromatic N) is 1. The van der Waals surface area contributed by atoms with Crippen LogP contribution in [0, 0.1) is 5.82 Å². The van der Waals surface area contributed by atoms with Gasteiger partial charge in [0.05, 0.1) is 6.61 Å². The van der Waals surface area contributed by atoms with Crippen LogP contribution >= 0.6 is 0 Å². The number of benzene rings is 2. The number of hydrogen-bond acceptors (Lipinski definition) is 3. The first-order valence-electron chi connectivity index (χ1n) is 10.9. The smallest absolute Gasteiger partial charge is 0.371 e. The number of amides is 2. The molecule has 0 heterocycles. The molecule has 0 atom stereocenters. The van der Waals surface area contributed by atoms with Crippen molar-refractivity contribution >= 4 is 23.8 Å². The van der Waals surface area contributed by atoms with Gasteiger partial charge in [-0.3, -0.25) is 4.90 Å². The molecule has 32 heavy (non-hydrogen) atoms. The number of urea groups is 1. The van der Waals surface area contributed by atoms with Gasteiger partial charge in [0.25, 0.3) is 0 Å². The van der Waals surface area contributed by atoms with Crippen molar-refractivity contribution in [2.24, 2.45) is 0 Å². The summed E-state index contributed by atoms with van der Waals surface area (Å²) in [6.45, 7) is 4.60. The second-order valence-corrected chi connectivity index (χ2v) is 7.38. The Kier molecular flexibility index (Phi) is 9.73. The Hall–Kier alpha value is -3.35. The third-order valence-electron chi connectivity index (χ3n) is 4.98. The number of unbranched alkanes of at least 4 members (excludes halogenated alkanes) is 3. The average Bonchev–Trinajstić information content (AvgIpc) is 2.79. The SMILES string of the molecule is CCCCCCNC(=O)N(C)c1cccc(-c2ccc(/C=C(\OCC)C(=O)O)c(F)c2)c1. The van der Waals surface area contributed by atoms with E-state index in [0.29, 0.717) is 17.8 Å². The summed E-state index contributed by atoms with van der Waals surface area (Å²) in [5, 5.41) is 12.1. The summed E-state index contributed by atoms with van der Waals surface area (Å²) >= 11 is 0. The topological polar surface area (TPSA) is 78.9 Å². The molecule has 0 aliphatic heterocycles. The van der Waals surface area contributed by atoms with E-state index in [-0.39, 0.29) is 24.0 Å². The lowest BCUT2D eigenvalue weighted by atomic mass is 10.0. The number of carbonyl (C=O) groups is 2. The lowest BCUT2D eigenvalue weighted by Gasteiger charge is -2.19. The highest BCUT2D eigenvalue weighted by atomic mass is 19.1. The molecule has 0 saturated heterocycles. The minimum atomic E-state index is -1.25. The van der Waals surface area contributed by atoms with Crippen LogP contribution in [0.3, 0.4) is 0 Å². The minimum Gasteiger partial charge on any atom is -0.487 e. The number of carbonyl (C=O) groups excluding carboxylic acids is 1. The maximum Gasteiger partial charge on any atom is 0.371 e. The van der Waals surface area contributed by atoms with Gasteiger partial charge >= 0.3 is 12.0 Å². The molecule has 0 radical (unpaired) electrons. The molecule has 2 aromatic carbocycles. The summed E-state index contributed by atoms with van der Waals surface area (Å²) < 4.78 is 19.7. The fourth-order valence-electron chi connectivity index (χ4n) is 3.16. The molecular weight excluding hydrogens is 411 g/mol. The summed E-state index contributed by atoms with van der Waals surface area (Å²) in [5.41, 5.74) is 2.16. The van der Waals surface area contributed by atoms with Crippen LogP contribution < -0.4 is 10.2 Å². The van der Waals surface area contributed by atoms with Crippen molar-refractivity contribution in [3.8, 4) is 11.1 Å². The van der Waals surface area contributed by atoms with E-state index >= 15 is 0 Å². The molecule has 0 unspecified atom stereocenters. The fourth-order valence-corrected chi connectivity index (χ4v) is 3.16. The number of rotatable bonds is 11. The van der Waals surface area contributed by atoms with Gasteiger partial charge in [-0.05, 0) is 48.7 Å². The Morgan fingerprint density at radius 3 is 2.50 bits per heavy atom. The normalized spacial score (nSPS) is 11.2. The van der Waals surface area contributed by atoms with Crippen LogP contribution in [-0.4, -0.2) is 37.3 Å². The number of carboxylic acid groups (broad SMARTS) is 1. The predicted molar refractivity (Wildman–Crippen MR) is 125 cm³/mol. The standard InChI is InChI=1S/C25H31FN2O4/c1-4-6-7-8-14-27-25(31)28(3)21-11-9-10-18(15-21)19-12-13-20(22(26)16-19)17-23(24(29)30)32-5-2/h9-13,15-17H,4-8,14H2,1-3H3,(H,27,31)(H,29,30)/b23-17-. The van der Waals surface area contributed by atoms with Crippen molar-refractivity contribution in [2.45, 2.75) is 39.5 Å². The molecule has 6 nitrogen and oxygen atoms in total. The number of ether oxygens (including phenoxy) is 1. The lowest BCUT2D eigenvalue weighted by molar-refractivity contribution is -0.136. The van der Waals surface area contributed by atoms with E-state index in [1.54, 1.807) is 26.1 Å². The summed E-state index contributed by atoms with van der Waals surface area (Å²) in [4.78, 5) is 25.2. The maximum absolute atomic E-state index is 14.6. The Labute approximate surface area is 188 Å². The van der Waals surface area contributed by atoms with Crippen molar-refractivity contribution in [1.29, 1.82) is 0 Å². The molecule has 0 fully saturated rings. The van der Waals surface area contributed by atoms with E-state index in [2.05, 4.69) is 12.2 Å². The number of hydrogen-bond donors (Lipinski definition) is 2. The van der Waals surface area contributed by atoms with Gasteiger partial charge in [0.15, 0.2) is 0 Å². The molecule has 0 aliphatic rings. The molecule has 7 heteroatoms. The van der Waals surface area contributed by atoms with Crippen LogP contribution in [0.2, 0.25) is 0 Å². The second kappa shape index (κ2) is 12.5. The summed E-state index contributed by atoms with van der Waals surface area (Å²) in [6.07, 6.45) is 5.50. The van der Waals surface area contributed by atoms with Crippen LogP contribution in [0.15, 0.2) is 48.2 Å². The third-order valence-corrected chi connectivity index (χ3v) is 4.98. The fraction of sp³-hybridized carbons (Fsp3) is 0.360. The molecule has 0 aromatic heterocycles. The summed E-state index contributed by atoms with van der Waals surface area (Å²) in [6, 6.07) is 11.6. The Morgan fingerprint density at radius 1 is 1.09 bits per heavy atom.